The molecule has 0 saturated carbocycles. The average Bonchev–Trinajstić information content (AvgIpc) is 2.41. The van der Waals surface area contributed by atoms with Crippen molar-refractivity contribution in [3.05, 3.63) is 58.9 Å². The molecule has 0 bridgehead atoms. The summed E-state index contributed by atoms with van der Waals surface area (Å²) in [5.41, 5.74) is 5.17. The Bertz CT molecular complexity index is 779. The van der Waals surface area contributed by atoms with Crippen LogP contribution in [0.1, 0.15) is 30.7 Å². The molecule has 0 radical (unpaired) electrons. The molecule has 0 spiro atoms. The lowest BCUT2D eigenvalue weighted by Crippen LogP contribution is -2.25. The zero-order valence-electron chi connectivity index (χ0n) is 12.1. The van der Waals surface area contributed by atoms with Gasteiger partial charge in [0.2, 0.25) is 0 Å². The molecule has 2 aromatic rings. The normalized spacial score (nSPS) is 15.8. The van der Waals surface area contributed by atoms with Gasteiger partial charge in [-0.05, 0) is 41.2 Å². The van der Waals surface area contributed by atoms with Crippen molar-refractivity contribution in [2.24, 2.45) is 0 Å². The molecule has 1 aliphatic carbocycles. The van der Waals surface area contributed by atoms with Crippen molar-refractivity contribution in [3.8, 4) is 0 Å². The number of pyridine rings is 1. The van der Waals surface area contributed by atoms with Crippen molar-refractivity contribution in [1.29, 1.82) is 5.41 Å². The second-order valence-corrected chi connectivity index (χ2v) is 5.96. The van der Waals surface area contributed by atoms with E-state index in [1.54, 1.807) is 0 Å². The van der Waals surface area contributed by atoms with Gasteiger partial charge in [-0.25, -0.2) is 0 Å². The van der Waals surface area contributed by atoms with Crippen LogP contribution in [0.5, 0.6) is 0 Å². The summed E-state index contributed by atoms with van der Waals surface area (Å²) < 4.78 is 0. The Hall–Kier alpha value is -2.22. The maximum Gasteiger partial charge on any atom is 0.0714 e. The molecule has 1 aromatic carbocycles. The van der Waals surface area contributed by atoms with E-state index in [0.29, 0.717) is 0 Å². The van der Waals surface area contributed by atoms with E-state index < -0.39 is 0 Å². The topological polar surface area (TPSA) is 36.7 Å². The van der Waals surface area contributed by atoms with Gasteiger partial charge in [0.05, 0.1) is 5.69 Å². The van der Waals surface area contributed by atoms with Gasteiger partial charge >= 0.3 is 0 Å². The van der Waals surface area contributed by atoms with Crippen LogP contribution in [0.15, 0.2) is 42.1 Å². The van der Waals surface area contributed by atoms with Gasteiger partial charge in [0, 0.05) is 23.2 Å². The van der Waals surface area contributed by atoms with Crippen LogP contribution < -0.4 is 0 Å². The first-order chi connectivity index (χ1) is 9.45. The van der Waals surface area contributed by atoms with E-state index >= 15 is 0 Å². The highest BCUT2D eigenvalue weighted by Gasteiger charge is 2.33. The van der Waals surface area contributed by atoms with Crippen molar-refractivity contribution in [2.45, 2.75) is 26.2 Å². The Morgan fingerprint density at radius 1 is 1.35 bits per heavy atom. The number of nitrogens with one attached hydrogen (secondary N) is 1. The molecule has 0 unspecified atom stereocenters. The highest BCUT2D eigenvalue weighted by Crippen LogP contribution is 2.44. The predicted octanol–water partition coefficient (Wildman–Crippen LogP) is 4.42. The maximum absolute atomic E-state index is 7.51. The molecular formula is C18H18N2. The van der Waals surface area contributed by atoms with E-state index in [0.717, 1.165) is 16.8 Å². The van der Waals surface area contributed by atoms with Gasteiger partial charge in [0.1, 0.15) is 0 Å². The third-order valence-electron chi connectivity index (χ3n) is 4.18. The van der Waals surface area contributed by atoms with Crippen LogP contribution in [-0.2, 0) is 5.41 Å². The van der Waals surface area contributed by atoms with E-state index in [2.05, 4.69) is 56.6 Å². The molecule has 1 aliphatic rings. The lowest BCUT2D eigenvalue weighted by Gasteiger charge is -2.34. The largest absolute Gasteiger partial charge is 0.308 e. The maximum atomic E-state index is 7.51. The number of nitrogens with zero attached hydrogens (tertiary/aromatic N) is 1. The molecule has 0 saturated heterocycles. The summed E-state index contributed by atoms with van der Waals surface area (Å²) in [5.74, 6) is 0. The van der Waals surface area contributed by atoms with Gasteiger partial charge in [-0.15, -0.1) is 0 Å². The molecule has 2 nitrogen and oxygen atoms in total. The molecule has 0 fully saturated rings. The number of rotatable bonds is 2. The molecule has 100 valence electrons. The van der Waals surface area contributed by atoms with E-state index in [1.807, 2.05) is 6.20 Å². The number of aromatic nitrogens is 1. The van der Waals surface area contributed by atoms with Crippen molar-refractivity contribution < 1.29 is 0 Å². The molecule has 2 heteroatoms. The van der Waals surface area contributed by atoms with Gasteiger partial charge in [-0.2, -0.15) is 0 Å². The fourth-order valence-corrected chi connectivity index (χ4v) is 3.13. The fraction of sp³-hybridized carbons (Fsp3) is 0.222. The van der Waals surface area contributed by atoms with E-state index in [1.165, 1.54) is 28.1 Å². The fourth-order valence-electron chi connectivity index (χ4n) is 3.13. The Kier molecular flexibility index (Phi) is 2.65. The number of aryl methyl sites for hydroxylation is 1. The van der Waals surface area contributed by atoms with E-state index in [9.17, 15) is 0 Å². The van der Waals surface area contributed by atoms with Crippen molar-refractivity contribution >= 4 is 23.1 Å². The van der Waals surface area contributed by atoms with Crippen molar-refractivity contribution in [1.82, 2.24) is 4.98 Å². The standard InChI is InChI=1S/C18H18N2/c1-11-7-13-5-6-20-16-9-14(12(2)10-19)18(3,4)15(8-11)17(13)16/h5-10,19H,2H2,1,3-4H3. The first-order valence-corrected chi connectivity index (χ1v) is 6.77. The second-order valence-electron chi connectivity index (χ2n) is 5.96. The number of benzene rings is 1. The van der Waals surface area contributed by atoms with Crippen LogP contribution in [0.3, 0.4) is 0 Å². The summed E-state index contributed by atoms with van der Waals surface area (Å²) in [6.07, 6.45) is 5.26. The van der Waals surface area contributed by atoms with Gasteiger partial charge in [0.25, 0.3) is 0 Å². The van der Waals surface area contributed by atoms with Crippen LogP contribution in [0.25, 0.3) is 16.8 Å². The summed E-state index contributed by atoms with van der Waals surface area (Å²) in [6.45, 7) is 10.5. The number of allylic oxidation sites excluding steroid dienone is 2. The van der Waals surface area contributed by atoms with Gasteiger partial charge in [0.15, 0.2) is 0 Å². The SMILES string of the molecule is C=C(C=N)C1=Cc2nccc3cc(C)cc(c23)C1(C)C. The summed E-state index contributed by atoms with van der Waals surface area (Å²) in [4.78, 5) is 4.51. The summed E-state index contributed by atoms with van der Waals surface area (Å²) >= 11 is 0. The number of hydrogen-bond donors (Lipinski definition) is 1. The molecule has 0 amide bonds. The molecule has 3 rings (SSSR count). The molecule has 0 aliphatic heterocycles. The molecule has 1 N–H and O–H groups in total. The molecular weight excluding hydrogens is 244 g/mol. The van der Waals surface area contributed by atoms with Crippen LogP contribution >= 0.6 is 0 Å². The average molecular weight is 262 g/mol. The van der Waals surface area contributed by atoms with E-state index in [4.69, 9.17) is 5.41 Å². The zero-order chi connectivity index (χ0) is 14.5. The minimum absolute atomic E-state index is 0.158. The second kappa shape index (κ2) is 4.14. The Balaban J connectivity index is 2.44. The highest BCUT2D eigenvalue weighted by molar-refractivity contribution is 5.99. The van der Waals surface area contributed by atoms with Crippen LogP contribution in [-0.4, -0.2) is 11.2 Å². The third kappa shape index (κ3) is 1.64. The Labute approximate surface area is 119 Å². The first kappa shape index (κ1) is 12.8. The van der Waals surface area contributed by atoms with Crippen LogP contribution in [0, 0.1) is 12.3 Å². The summed E-state index contributed by atoms with van der Waals surface area (Å²) in [6, 6.07) is 6.50. The van der Waals surface area contributed by atoms with Crippen LogP contribution in [0.4, 0.5) is 0 Å². The molecule has 20 heavy (non-hydrogen) atoms. The zero-order valence-corrected chi connectivity index (χ0v) is 12.1. The predicted molar refractivity (Wildman–Crippen MR) is 85.4 cm³/mol. The molecule has 0 atom stereocenters. The van der Waals surface area contributed by atoms with E-state index in [-0.39, 0.29) is 5.41 Å². The van der Waals surface area contributed by atoms with Crippen molar-refractivity contribution in [2.75, 3.05) is 0 Å². The molecule has 1 heterocycles. The lowest BCUT2D eigenvalue weighted by atomic mass is 9.69. The van der Waals surface area contributed by atoms with Gasteiger partial charge < -0.3 is 5.41 Å². The third-order valence-corrected chi connectivity index (χ3v) is 4.18. The quantitative estimate of drug-likeness (QED) is 0.799. The smallest absolute Gasteiger partial charge is 0.0714 e. The monoisotopic (exact) mass is 262 g/mol. The van der Waals surface area contributed by atoms with Crippen LogP contribution in [0.2, 0.25) is 0 Å². The van der Waals surface area contributed by atoms with Crippen molar-refractivity contribution in [3.63, 3.8) is 0 Å². The van der Waals surface area contributed by atoms with Gasteiger partial charge in [-0.1, -0.05) is 38.1 Å². The lowest BCUT2D eigenvalue weighted by molar-refractivity contribution is 0.642. The minimum atomic E-state index is -0.158. The van der Waals surface area contributed by atoms with Gasteiger partial charge in [-0.3, -0.25) is 4.98 Å². The Morgan fingerprint density at radius 3 is 2.80 bits per heavy atom. The summed E-state index contributed by atoms with van der Waals surface area (Å²) in [5, 5.41) is 9.96. The number of hydrogen-bond acceptors (Lipinski definition) is 2. The highest BCUT2D eigenvalue weighted by atomic mass is 14.7. The minimum Gasteiger partial charge on any atom is -0.308 e. The Morgan fingerprint density at radius 2 is 2.10 bits per heavy atom. The first-order valence-electron chi connectivity index (χ1n) is 6.77. The summed E-state index contributed by atoms with van der Waals surface area (Å²) in [7, 11) is 0. The molecule has 1 aromatic heterocycles.